The number of methoxy groups -OCH3 is 1. The van der Waals surface area contributed by atoms with Gasteiger partial charge in [-0.3, -0.25) is 0 Å². The van der Waals surface area contributed by atoms with Gasteiger partial charge in [0.1, 0.15) is 5.75 Å². The van der Waals surface area contributed by atoms with Crippen molar-refractivity contribution in [3.8, 4) is 28.6 Å². The van der Waals surface area contributed by atoms with Gasteiger partial charge in [0.15, 0.2) is 0 Å². The van der Waals surface area contributed by atoms with E-state index in [1.54, 1.807) is 7.11 Å². The number of hydrogen-bond acceptors (Lipinski definition) is 4. The van der Waals surface area contributed by atoms with Crippen LogP contribution < -0.4 is 4.74 Å². The number of benzene rings is 2. The first kappa shape index (κ1) is 12.6. The lowest BCUT2D eigenvalue weighted by Crippen LogP contribution is -1.84. The number of aromatic nitrogens is 3. The van der Waals surface area contributed by atoms with Crippen molar-refractivity contribution < 1.29 is 9.26 Å². The number of H-pyrrole nitrogens is 1. The average Bonchev–Trinajstić information content (AvgIpc) is 3.21. The molecular formula is C17H13N3O2. The molecule has 108 valence electrons. The quantitative estimate of drug-likeness (QED) is 0.622. The number of ether oxygens (including phenoxy) is 1. The van der Waals surface area contributed by atoms with Crippen molar-refractivity contribution >= 4 is 10.9 Å². The van der Waals surface area contributed by atoms with Gasteiger partial charge in [-0.15, -0.1) is 0 Å². The van der Waals surface area contributed by atoms with Crippen LogP contribution in [0.5, 0.6) is 5.75 Å². The van der Waals surface area contributed by atoms with E-state index >= 15 is 0 Å². The SMILES string of the molecule is COc1ccc(-c2noc(-c3c[nH]c4ccccc34)n2)cc1. The summed E-state index contributed by atoms with van der Waals surface area (Å²) >= 11 is 0. The molecule has 0 atom stereocenters. The van der Waals surface area contributed by atoms with Crippen molar-refractivity contribution in [2.75, 3.05) is 7.11 Å². The maximum Gasteiger partial charge on any atom is 0.260 e. The predicted octanol–water partition coefficient (Wildman–Crippen LogP) is 3.89. The van der Waals surface area contributed by atoms with E-state index in [-0.39, 0.29) is 0 Å². The lowest BCUT2D eigenvalue weighted by molar-refractivity contribution is 0.415. The molecule has 0 fully saturated rings. The molecule has 0 radical (unpaired) electrons. The van der Waals surface area contributed by atoms with Gasteiger partial charge in [0, 0.05) is 22.7 Å². The summed E-state index contributed by atoms with van der Waals surface area (Å²) in [5, 5.41) is 5.13. The van der Waals surface area contributed by atoms with Gasteiger partial charge in [-0.25, -0.2) is 0 Å². The van der Waals surface area contributed by atoms with Crippen molar-refractivity contribution in [1.29, 1.82) is 0 Å². The van der Waals surface area contributed by atoms with E-state index in [0.29, 0.717) is 11.7 Å². The molecule has 5 nitrogen and oxygen atoms in total. The lowest BCUT2D eigenvalue weighted by atomic mass is 10.2. The van der Waals surface area contributed by atoms with Crippen LogP contribution in [-0.2, 0) is 0 Å². The summed E-state index contributed by atoms with van der Waals surface area (Å²) in [6.45, 7) is 0. The average molecular weight is 291 g/mol. The molecule has 0 amide bonds. The topological polar surface area (TPSA) is 63.9 Å². The van der Waals surface area contributed by atoms with Gasteiger partial charge >= 0.3 is 0 Å². The zero-order valence-corrected chi connectivity index (χ0v) is 11.9. The second kappa shape index (κ2) is 5.04. The van der Waals surface area contributed by atoms with Crippen molar-refractivity contribution in [3.05, 3.63) is 54.7 Å². The molecule has 0 saturated carbocycles. The van der Waals surface area contributed by atoms with Crippen LogP contribution in [0, 0.1) is 0 Å². The maximum absolute atomic E-state index is 5.42. The molecule has 0 aliphatic rings. The molecule has 0 bridgehead atoms. The Hall–Kier alpha value is -3.08. The second-order valence-electron chi connectivity index (χ2n) is 4.90. The molecule has 4 rings (SSSR count). The minimum absolute atomic E-state index is 0.503. The van der Waals surface area contributed by atoms with Gasteiger partial charge in [-0.1, -0.05) is 23.4 Å². The molecule has 4 aromatic rings. The zero-order chi connectivity index (χ0) is 14.9. The molecular weight excluding hydrogens is 278 g/mol. The van der Waals surface area contributed by atoms with Crippen LogP contribution in [0.3, 0.4) is 0 Å². The number of hydrogen-bond donors (Lipinski definition) is 1. The minimum atomic E-state index is 0.503. The monoisotopic (exact) mass is 291 g/mol. The molecule has 0 spiro atoms. The molecule has 0 saturated heterocycles. The van der Waals surface area contributed by atoms with Gasteiger partial charge < -0.3 is 14.2 Å². The third kappa shape index (κ3) is 2.03. The van der Waals surface area contributed by atoms with Crippen LogP contribution in [0.15, 0.2) is 59.3 Å². The Morgan fingerprint density at radius 2 is 1.86 bits per heavy atom. The van der Waals surface area contributed by atoms with Gasteiger partial charge in [0.25, 0.3) is 5.89 Å². The summed E-state index contributed by atoms with van der Waals surface area (Å²) in [4.78, 5) is 7.70. The molecule has 1 N–H and O–H groups in total. The number of para-hydroxylation sites is 1. The molecule has 0 aliphatic carbocycles. The lowest BCUT2D eigenvalue weighted by Gasteiger charge is -1.98. The Bertz CT molecular complexity index is 922. The summed E-state index contributed by atoms with van der Waals surface area (Å²) in [6.07, 6.45) is 1.88. The van der Waals surface area contributed by atoms with Crippen molar-refractivity contribution in [2.24, 2.45) is 0 Å². The van der Waals surface area contributed by atoms with E-state index in [4.69, 9.17) is 9.26 Å². The van der Waals surface area contributed by atoms with E-state index < -0.39 is 0 Å². The molecule has 0 aliphatic heterocycles. The first-order chi connectivity index (χ1) is 10.8. The summed E-state index contributed by atoms with van der Waals surface area (Å²) in [5.74, 6) is 1.86. The van der Waals surface area contributed by atoms with E-state index in [1.165, 1.54) is 0 Å². The smallest absolute Gasteiger partial charge is 0.260 e. The Morgan fingerprint density at radius 3 is 2.68 bits per heavy atom. The fourth-order valence-corrected chi connectivity index (χ4v) is 2.44. The van der Waals surface area contributed by atoms with Crippen molar-refractivity contribution in [1.82, 2.24) is 15.1 Å². The highest BCUT2D eigenvalue weighted by Crippen LogP contribution is 2.29. The van der Waals surface area contributed by atoms with Crippen LogP contribution in [0.2, 0.25) is 0 Å². The highest BCUT2D eigenvalue weighted by molar-refractivity contribution is 5.93. The number of fused-ring (bicyclic) bond motifs is 1. The van der Waals surface area contributed by atoms with E-state index in [1.807, 2.05) is 54.7 Å². The fraction of sp³-hybridized carbons (Fsp3) is 0.0588. The van der Waals surface area contributed by atoms with Gasteiger partial charge in [-0.05, 0) is 30.3 Å². The fourth-order valence-electron chi connectivity index (χ4n) is 2.44. The highest BCUT2D eigenvalue weighted by Gasteiger charge is 2.14. The Labute approximate surface area is 126 Å². The number of nitrogens with one attached hydrogen (secondary N) is 1. The first-order valence-corrected chi connectivity index (χ1v) is 6.90. The van der Waals surface area contributed by atoms with Crippen LogP contribution in [0.25, 0.3) is 33.7 Å². The molecule has 2 aromatic heterocycles. The van der Waals surface area contributed by atoms with Gasteiger partial charge in [-0.2, -0.15) is 4.98 Å². The molecule has 2 heterocycles. The van der Waals surface area contributed by atoms with Crippen molar-refractivity contribution in [2.45, 2.75) is 0 Å². The van der Waals surface area contributed by atoms with Crippen LogP contribution >= 0.6 is 0 Å². The Balaban J connectivity index is 1.74. The first-order valence-electron chi connectivity index (χ1n) is 6.90. The molecule has 0 unspecified atom stereocenters. The summed E-state index contributed by atoms with van der Waals surface area (Å²) in [5.41, 5.74) is 2.83. The van der Waals surface area contributed by atoms with Crippen molar-refractivity contribution in [3.63, 3.8) is 0 Å². The third-order valence-electron chi connectivity index (χ3n) is 3.59. The van der Waals surface area contributed by atoms with E-state index in [0.717, 1.165) is 27.8 Å². The molecule has 5 heteroatoms. The number of rotatable bonds is 3. The summed E-state index contributed by atoms with van der Waals surface area (Å²) in [6, 6.07) is 15.6. The van der Waals surface area contributed by atoms with Gasteiger partial charge in [0.05, 0.1) is 12.7 Å². The Morgan fingerprint density at radius 1 is 1.05 bits per heavy atom. The molecule has 22 heavy (non-hydrogen) atoms. The van der Waals surface area contributed by atoms with Crippen LogP contribution in [0.4, 0.5) is 0 Å². The Kier molecular flexibility index (Phi) is 2.89. The minimum Gasteiger partial charge on any atom is -0.497 e. The van der Waals surface area contributed by atoms with E-state index in [9.17, 15) is 0 Å². The van der Waals surface area contributed by atoms with Crippen LogP contribution in [0.1, 0.15) is 0 Å². The standard InChI is InChI=1S/C17H13N3O2/c1-21-12-8-6-11(7-9-12)16-19-17(22-20-16)14-10-18-15-5-3-2-4-13(14)15/h2-10,18H,1H3. The summed E-state index contributed by atoms with van der Waals surface area (Å²) in [7, 11) is 1.64. The zero-order valence-electron chi connectivity index (χ0n) is 11.9. The maximum atomic E-state index is 5.42. The van der Waals surface area contributed by atoms with Crippen LogP contribution in [-0.4, -0.2) is 22.2 Å². The second-order valence-corrected chi connectivity index (χ2v) is 4.90. The number of nitrogens with zero attached hydrogens (tertiary/aromatic N) is 2. The van der Waals surface area contributed by atoms with E-state index in [2.05, 4.69) is 15.1 Å². The summed E-state index contributed by atoms with van der Waals surface area (Å²) < 4.78 is 10.6. The van der Waals surface area contributed by atoms with Gasteiger partial charge in [0.2, 0.25) is 5.82 Å². The predicted molar refractivity (Wildman–Crippen MR) is 83.6 cm³/mol. The largest absolute Gasteiger partial charge is 0.497 e. The molecule has 2 aromatic carbocycles. The normalized spacial score (nSPS) is 11.0. The third-order valence-corrected chi connectivity index (χ3v) is 3.59. The highest BCUT2D eigenvalue weighted by atomic mass is 16.5. The number of aromatic amines is 1.